The van der Waals surface area contributed by atoms with Crippen LogP contribution >= 0.6 is 0 Å². The Labute approximate surface area is 133 Å². The standard InChI is InChI=1S/C17H16N4O2/c22-16(19-20-17(23)13-6-2-1-3-7-13)10-11-21-12-18-14-8-4-5-9-15(14)21/h1-9,12H,10-11H2,(H,19,22)(H,20,23). The van der Waals surface area contributed by atoms with E-state index in [1.807, 2.05) is 34.9 Å². The second-order valence-corrected chi connectivity index (χ2v) is 5.05. The molecule has 3 rings (SSSR count). The van der Waals surface area contributed by atoms with Crippen molar-refractivity contribution in [3.63, 3.8) is 0 Å². The molecule has 0 fully saturated rings. The first-order valence-corrected chi connectivity index (χ1v) is 7.28. The predicted molar refractivity (Wildman–Crippen MR) is 86.4 cm³/mol. The van der Waals surface area contributed by atoms with E-state index in [4.69, 9.17) is 0 Å². The third kappa shape index (κ3) is 3.55. The molecule has 2 aromatic carbocycles. The number of para-hydroxylation sites is 2. The van der Waals surface area contributed by atoms with Gasteiger partial charge in [-0.05, 0) is 24.3 Å². The second-order valence-electron chi connectivity index (χ2n) is 5.05. The predicted octanol–water partition coefficient (Wildman–Crippen LogP) is 1.89. The highest BCUT2D eigenvalue weighted by atomic mass is 16.2. The molecule has 116 valence electrons. The summed E-state index contributed by atoms with van der Waals surface area (Å²) in [5.41, 5.74) is 7.19. The number of nitrogens with one attached hydrogen (secondary N) is 2. The molecule has 0 saturated heterocycles. The summed E-state index contributed by atoms with van der Waals surface area (Å²) in [4.78, 5) is 27.9. The van der Waals surface area contributed by atoms with Gasteiger partial charge >= 0.3 is 0 Å². The molecular weight excluding hydrogens is 292 g/mol. The molecule has 0 radical (unpaired) electrons. The summed E-state index contributed by atoms with van der Waals surface area (Å²) in [5.74, 6) is -0.598. The fourth-order valence-electron chi connectivity index (χ4n) is 2.26. The number of carbonyl (C=O) groups is 2. The lowest BCUT2D eigenvalue weighted by atomic mass is 10.2. The summed E-state index contributed by atoms with van der Waals surface area (Å²) in [6.45, 7) is 0.494. The summed E-state index contributed by atoms with van der Waals surface area (Å²) in [6, 6.07) is 16.4. The van der Waals surface area contributed by atoms with E-state index in [-0.39, 0.29) is 18.2 Å². The lowest BCUT2D eigenvalue weighted by molar-refractivity contribution is -0.122. The number of aromatic nitrogens is 2. The van der Waals surface area contributed by atoms with Crippen molar-refractivity contribution >= 4 is 22.8 Å². The van der Waals surface area contributed by atoms with Crippen molar-refractivity contribution in [1.29, 1.82) is 0 Å². The SMILES string of the molecule is O=C(CCn1cnc2ccccc21)NNC(=O)c1ccccc1. The Morgan fingerprint density at radius 3 is 2.52 bits per heavy atom. The molecule has 0 spiro atoms. The quantitative estimate of drug-likeness (QED) is 0.723. The van der Waals surface area contributed by atoms with Crippen molar-refractivity contribution in [3.05, 3.63) is 66.5 Å². The lowest BCUT2D eigenvalue weighted by Crippen LogP contribution is -2.41. The Morgan fingerprint density at radius 1 is 0.957 bits per heavy atom. The summed E-state index contributed by atoms with van der Waals surface area (Å²) in [7, 11) is 0. The molecule has 1 aromatic heterocycles. The first-order chi connectivity index (χ1) is 11.2. The van der Waals surface area contributed by atoms with E-state index in [0.717, 1.165) is 11.0 Å². The number of hydrazine groups is 1. The van der Waals surface area contributed by atoms with Gasteiger partial charge in [0.2, 0.25) is 5.91 Å². The molecule has 0 aliphatic carbocycles. The maximum absolute atomic E-state index is 11.9. The van der Waals surface area contributed by atoms with Gasteiger partial charge in [0.25, 0.3) is 5.91 Å². The fourth-order valence-corrected chi connectivity index (χ4v) is 2.26. The van der Waals surface area contributed by atoms with Crippen LogP contribution in [0.25, 0.3) is 11.0 Å². The van der Waals surface area contributed by atoms with E-state index in [0.29, 0.717) is 12.1 Å². The molecule has 6 heteroatoms. The van der Waals surface area contributed by atoms with Gasteiger partial charge in [0, 0.05) is 18.5 Å². The summed E-state index contributed by atoms with van der Waals surface area (Å²) in [6.07, 6.45) is 1.95. The van der Waals surface area contributed by atoms with E-state index >= 15 is 0 Å². The van der Waals surface area contributed by atoms with Crippen LogP contribution in [-0.4, -0.2) is 21.4 Å². The zero-order chi connectivity index (χ0) is 16.1. The number of imidazole rings is 1. The topological polar surface area (TPSA) is 76.0 Å². The first kappa shape index (κ1) is 14.8. The summed E-state index contributed by atoms with van der Waals surface area (Å²) < 4.78 is 1.91. The van der Waals surface area contributed by atoms with Crippen LogP contribution in [0.5, 0.6) is 0 Å². The van der Waals surface area contributed by atoms with Gasteiger partial charge in [-0.1, -0.05) is 30.3 Å². The van der Waals surface area contributed by atoms with Gasteiger partial charge in [-0.15, -0.1) is 0 Å². The van der Waals surface area contributed by atoms with Crippen molar-refractivity contribution in [2.45, 2.75) is 13.0 Å². The lowest BCUT2D eigenvalue weighted by Gasteiger charge is -2.08. The molecule has 0 atom stereocenters. The van der Waals surface area contributed by atoms with Crippen LogP contribution in [0.15, 0.2) is 60.9 Å². The molecule has 2 N–H and O–H groups in total. The average molecular weight is 308 g/mol. The molecule has 3 aromatic rings. The molecule has 2 amide bonds. The zero-order valence-corrected chi connectivity index (χ0v) is 12.4. The van der Waals surface area contributed by atoms with Crippen molar-refractivity contribution < 1.29 is 9.59 Å². The van der Waals surface area contributed by atoms with Gasteiger partial charge in [-0.2, -0.15) is 0 Å². The number of fused-ring (bicyclic) bond motifs is 1. The Hall–Kier alpha value is -3.15. The molecule has 6 nitrogen and oxygen atoms in total. The molecule has 0 unspecified atom stereocenters. The first-order valence-electron chi connectivity index (χ1n) is 7.28. The third-order valence-electron chi connectivity index (χ3n) is 3.46. The summed E-state index contributed by atoms with van der Waals surface area (Å²) >= 11 is 0. The number of nitrogens with zero attached hydrogens (tertiary/aromatic N) is 2. The van der Waals surface area contributed by atoms with Crippen molar-refractivity contribution in [2.24, 2.45) is 0 Å². The normalized spacial score (nSPS) is 10.4. The molecule has 0 bridgehead atoms. The number of hydrogen-bond acceptors (Lipinski definition) is 3. The Morgan fingerprint density at radius 2 is 1.70 bits per heavy atom. The van der Waals surface area contributed by atoms with E-state index < -0.39 is 0 Å². The second kappa shape index (κ2) is 6.74. The molecule has 23 heavy (non-hydrogen) atoms. The van der Waals surface area contributed by atoms with Gasteiger partial charge in [0.05, 0.1) is 17.4 Å². The Kier molecular flexibility index (Phi) is 4.33. The number of aryl methyl sites for hydroxylation is 1. The van der Waals surface area contributed by atoms with E-state index in [1.54, 1.807) is 30.6 Å². The van der Waals surface area contributed by atoms with E-state index in [9.17, 15) is 9.59 Å². The monoisotopic (exact) mass is 308 g/mol. The van der Waals surface area contributed by atoms with Gasteiger partial charge in [-0.25, -0.2) is 4.98 Å². The Balaban J connectivity index is 1.51. The molecule has 1 heterocycles. The minimum Gasteiger partial charge on any atom is -0.330 e. The van der Waals surface area contributed by atoms with Crippen LogP contribution in [0.1, 0.15) is 16.8 Å². The van der Waals surface area contributed by atoms with Crippen molar-refractivity contribution in [1.82, 2.24) is 20.4 Å². The molecular formula is C17H16N4O2. The summed E-state index contributed by atoms with van der Waals surface area (Å²) in [5, 5.41) is 0. The van der Waals surface area contributed by atoms with E-state index in [1.165, 1.54) is 0 Å². The van der Waals surface area contributed by atoms with Crippen LogP contribution in [0.4, 0.5) is 0 Å². The highest BCUT2D eigenvalue weighted by molar-refractivity contribution is 5.95. The average Bonchev–Trinajstić information content (AvgIpc) is 3.02. The minimum atomic E-state index is -0.341. The number of carbonyl (C=O) groups excluding carboxylic acids is 2. The smallest absolute Gasteiger partial charge is 0.269 e. The molecule has 0 aliphatic rings. The third-order valence-corrected chi connectivity index (χ3v) is 3.46. The number of amides is 2. The van der Waals surface area contributed by atoms with Gasteiger partial charge < -0.3 is 4.57 Å². The number of rotatable bonds is 4. The fraction of sp³-hybridized carbons (Fsp3) is 0.118. The maximum atomic E-state index is 11.9. The highest BCUT2D eigenvalue weighted by Crippen LogP contribution is 2.11. The van der Waals surface area contributed by atoms with Gasteiger partial charge in [-0.3, -0.25) is 20.4 Å². The number of benzene rings is 2. The van der Waals surface area contributed by atoms with Gasteiger partial charge in [0.15, 0.2) is 0 Å². The van der Waals surface area contributed by atoms with Crippen LogP contribution in [-0.2, 0) is 11.3 Å². The highest BCUT2D eigenvalue weighted by Gasteiger charge is 2.08. The van der Waals surface area contributed by atoms with E-state index in [2.05, 4.69) is 15.8 Å². The van der Waals surface area contributed by atoms with Crippen molar-refractivity contribution in [2.75, 3.05) is 0 Å². The number of hydrogen-bond donors (Lipinski definition) is 2. The van der Waals surface area contributed by atoms with Crippen LogP contribution < -0.4 is 10.9 Å². The largest absolute Gasteiger partial charge is 0.330 e. The van der Waals surface area contributed by atoms with Crippen LogP contribution in [0, 0.1) is 0 Å². The van der Waals surface area contributed by atoms with Gasteiger partial charge in [0.1, 0.15) is 0 Å². The minimum absolute atomic E-state index is 0.245. The Bertz CT molecular complexity index is 827. The van der Waals surface area contributed by atoms with Crippen LogP contribution in [0.3, 0.4) is 0 Å². The zero-order valence-electron chi connectivity index (χ0n) is 12.4. The molecule has 0 saturated carbocycles. The van der Waals surface area contributed by atoms with Crippen LogP contribution in [0.2, 0.25) is 0 Å². The molecule has 0 aliphatic heterocycles. The van der Waals surface area contributed by atoms with Crippen molar-refractivity contribution in [3.8, 4) is 0 Å². The maximum Gasteiger partial charge on any atom is 0.269 e.